The first-order chi connectivity index (χ1) is 11.6. The molecule has 1 aliphatic carbocycles. The first-order valence-electron chi connectivity index (χ1n) is 7.52. The molecule has 0 saturated carbocycles. The van der Waals surface area contributed by atoms with E-state index in [1.807, 2.05) is 24.3 Å². The van der Waals surface area contributed by atoms with Crippen molar-refractivity contribution in [2.45, 2.75) is 19.3 Å². The van der Waals surface area contributed by atoms with Crippen molar-refractivity contribution in [1.82, 2.24) is 0 Å². The SMILES string of the molecule is N#C/C(=C/c1ccccc1)C(=O)Nc1sc2c(c1C(N)=O)CCC2. The number of nitrogens with zero attached hydrogens (tertiary/aromatic N) is 1. The normalized spacial score (nSPS) is 13.2. The summed E-state index contributed by atoms with van der Waals surface area (Å²) < 4.78 is 0. The topological polar surface area (TPSA) is 96.0 Å². The van der Waals surface area contributed by atoms with Gasteiger partial charge in [-0.15, -0.1) is 11.3 Å². The average Bonchev–Trinajstić information content (AvgIpc) is 3.13. The molecule has 2 aromatic rings. The summed E-state index contributed by atoms with van der Waals surface area (Å²) in [6, 6.07) is 11.0. The Kier molecular flexibility index (Phi) is 4.45. The van der Waals surface area contributed by atoms with Gasteiger partial charge in [-0.1, -0.05) is 30.3 Å². The van der Waals surface area contributed by atoms with Gasteiger partial charge in [-0.2, -0.15) is 5.26 Å². The zero-order chi connectivity index (χ0) is 17.1. The van der Waals surface area contributed by atoms with Crippen LogP contribution in [0.4, 0.5) is 5.00 Å². The van der Waals surface area contributed by atoms with E-state index in [1.54, 1.807) is 12.1 Å². The van der Waals surface area contributed by atoms with Crippen LogP contribution in [0, 0.1) is 11.3 Å². The lowest BCUT2D eigenvalue weighted by molar-refractivity contribution is -0.112. The summed E-state index contributed by atoms with van der Waals surface area (Å²) in [6.07, 6.45) is 4.19. The highest BCUT2D eigenvalue weighted by atomic mass is 32.1. The van der Waals surface area contributed by atoms with Gasteiger partial charge in [-0.05, 0) is 36.5 Å². The Hall–Kier alpha value is -2.91. The third kappa shape index (κ3) is 3.07. The van der Waals surface area contributed by atoms with Crippen LogP contribution in [0.1, 0.15) is 32.8 Å². The first-order valence-corrected chi connectivity index (χ1v) is 8.34. The number of anilines is 1. The smallest absolute Gasteiger partial charge is 0.266 e. The second kappa shape index (κ2) is 6.69. The summed E-state index contributed by atoms with van der Waals surface area (Å²) >= 11 is 1.37. The Morgan fingerprint density at radius 3 is 2.67 bits per heavy atom. The van der Waals surface area contributed by atoms with Crippen LogP contribution in [-0.2, 0) is 17.6 Å². The number of primary amides is 1. The Morgan fingerprint density at radius 1 is 1.25 bits per heavy atom. The molecule has 0 aliphatic heterocycles. The molecule has 2 amide bonds. The largest absolute Gasteiger partial charge is 0.365 e. The van der Waals surface area contributed by atoms with E-state index in [-0.39, 0.29) is 5.57 Å². The number of amides is 2. The van der Waals surface area contributed by atoms with E-state index in [2.05, 4.69) is 5.32 Å². The average molecular weight is 337 g/mol. The van der Waals surface area contributed by atoms with Crippen molar-refractivity contribution in [3.63, 3.8) is 0 Å². The highest BCUT2D eigenvalue weighted by Crippen LogP contribution is 2.38. The number of nitriles is 1. The molecule has 6 heteroatoms. The first kappa shape index (κ1) is 16.0. The van der Waals surface area contributed by atoms with Crippen LogP contribution in [0.3, 0.4) is 0 Å². The van der Waals surface area contributed by atoms with Gasteiger partial charge < -0.3 is 11.1 Å². The Balaban J connectivity index is 1.89. The Labute approximate surface area is 143 Å². The van der Waals surface area contributed by atoms with Gasteiger partial charge in [0.25, 0.3) is 11.8 Å². The van der Waals surface area contributed by atoms with Gasteiger partial charge in [0.2, 0.25) is 0 Å². The second-order valence-electron chi connectivity index (χ2n) is 5.46. The van der Waals surface area contributed by atoms with Gasteiger partial charge in [0, 0.05) is 4.88 Å². The number of carbonyl (C=O) groups is 2. The van der Waals surface area contributed by atoms with E-state index in [0.717, 1.165) is 35.3 Å². The number of rotatable bonds is 4. The molecule has 0 unspecified atom stereocenters. The molecule has 0 spiro atoms. The number of hydrogen-bond donors (Lipinski definition) is 2. The minimum Gasteiger partial charge on any atom is -0.365 e. The van der Waals surface area contributed by atoms with E-state index in [1.165, 1.54) is 17.4 Å². The van der Waals surface area contributed by atoms with Gasteiger partial charge in [-0.3, -0.25) is 9.59 Å². The molecule has 1 aliphatic rings. The molecule has 0 atom stereocenters. The van der Waals surface area contributed by atoms with Crippen molar-refractivity contribution in [3.05, 3.63) is 57.5 Å². The molecule has 5 nitrogen and oxygen atoms in total. The molecule has 1 aromatic carbocycles. The van der Waals surface area contributed by atoms with Crippen LogP contribution in [0.25, 0.3) is 6.08 Å². The lowest BCUT2D eigenvalue weighted by Crippen LogP contribution is -2.18. The van der Waals surface area contributed by atoms with Crippen molar-refractivity contribution in [3.8, 4) is 6.07 Å². The number of benzene rings is 1. The standard InChI is InChI=1S/C18H15N3O2S/c19-10-12(9-11-5-2-1-3-6-11)17(23)21-18-15(16(20)22)13-7-4-8-14(13)24-18/h1-3,5-6,9H,4,7-8H2,(H2,20,22)(H,21,23)/b12-9-. The lowest BCUT2D eigenvalue weighted by atomic mass is 10.1. The van der Waals surface area contributed by atoms with E-state index < -0.39 is 11.8 Å². The summed E-state index contributed by atoms with van der Waals surface area (Å²) in [5.74, 6) is -1.08. The second-order valence-corrected chi connectivity index (χ2v) is 6.57. The minimum absolute atomic E-state index is 0.0230. The highest BCUT2D eigenvalue weighted by Gasteiger charge is 2.26. The van der Waals surface area contributed by atoms with Crippen LogP contribution in [0.2, 0.25) is 0 Å². The number of hydrogen-bond acceptors (Lipinski definition) is 4. The van der Waals surface area contributed by atoms with Crippen molar-refractivity contribution in [2.75, 3.05) is 5.32 Å². The molecule has 1 aromatic heterocycles. The molecule has 0 radical (unpaired) electrons. The maximum absolute atomic E-state index is 12.4. The zero-order valence-electron chi connectivity index (χ0n) is 12.8. The number of thiophene rings is 1. The molecule has 3 rings (SSSR count). The predicted molar refractivity (Wildman–Crippen MR) is 93.5 cm³/mol. The third-order valence-corrected chi connectivity index (χ3v) is 5.08. The van der Waals surface area contributed by atoms with Gasteiger partial charge in [0.15, 0.2) is 0 Å². The van der Waals surface area contributed by atoms with Crippen molar-refractivity contribution in [2.24, 2.45) is 5.73 Å². The summed E-state index contributed by atoms with van der Waals surface area (Å²) in [5, 5.41) is 12.4. The fourth-order valence-electron chi connectivity index (χ4n) is 2.79. The van der Waals surface area contributed by atoms with Gasteiger partial charge in [0.1, 0.15) is 16.6 Å². The fraction of sp³-hybridized carbons (Fsp3) is 0.167. The zero-order valence-corrected chi connectivity index (χ0v) is 13.7. The van der Waals surface area contributed by atoms with E-state index in [9.17, 15) is 14.9 Å². The fourth-order valence-corrected chi connectivity index (χ4v) is 4.08. The van der Waals surface area contributed by atoms with Crippen molar-refractivity contribution < 1.29 is 9.59 Å². The van der Waals surface area contributed by atoms with E-state index >= 15 is 0 Å². The number of nitrogens with two attached hydrogens (primary N) is 1. The number of fused-ring (bicyclic) bond motifs is 1. The molecular formula is C18H15N3O2S. The van der Waals surface area contributed by atoms with Gasteiger partial charge in [-0.25, -0.2) is 0 Å². The van der Waals surface area contributed by atoms with E-state index in [0.29, 0.717) is 10.6 Å². The van der Waals surface area contributed by atoms with Gasteiger partial charge >= 0.3 is 0 Å². The molecule has 120 valence electrons. The van der Waals surface area contributed by atoms with Crippen LogP contribution in [0.15, 0.2) is 35.9 Å². The molecule has 1 heterocycles. The highest BCUT2D eigenvalue weighted by molar-refractivity contribution is 7.17. The van der Waals surface area contributed by atoms with Crippen LogP contribution in [-0.4, -0.2) is 11.8 Å². The number of aryl methyl sites for hydroxylation is 1. The van der Waals surface area contributed by atoms with Crippen LogP contribution < -0.4 is 11.1 Å². The monoisotopic (exact) mass is 337 g/mol. The minimum atomic E-state index is -0.546. The molecule has 0 bridgehead atoms. The number of nitrogens with one attached hydrogen (secondary N) is 1. The Morgan fingerprint density at radius 2 is 2.00 bits per heavy atom. The summed E-state index contributed by atoms with van der Waals surface area (Å²) in [5.41, 5.74) is 7.54. The van der Waals surface area contributed by atoms with Crippen molar-refractivity contribution >= 4 is 34.2 Å². The summed E-state index contributed by atoms with van der Waals surface area (Å²) in [6.45, 7) is 0. The van der Waals surface area contributed by atoms with E-state index in [4.69, 9.17) is 5.73 Å². The van der Waals surface area contributed by atoms with Crippen LogP contribution in [0.5, 0.6) is 0 Å². The van der Waals surface area contributed by atoms with Crippen molar-refractivity contribution in [1.29, 1.82) is 5.26 Å². The molecule has 3 N–H and O–H groups in total. The Bertz CT molecular complexity index is 876. The molecule has 0 fully saturated rings. The molecular weight excluding hydrogens is 322 g/mol. The molecule has 24 heavy (non-hydrogen) atoms. The molecule has 0 saturated heterocycles. The van der Waals surface area contributed by atoms with Crippen LogP contribution >= 0.6 is 11.3 Å². The lowest BCUT2D eigenvalue weighted by Gasteiger charge is -2.05. The quantitative estimate of drug-likeness (QED) is 0.663. The number of carbonyl (C=O) groups excluding carboxylic acids is 2. The van der Waals surface area contributed by atoms with Gasteiger partial charge in [0.05, 0.1) is 5.56 Å². The third-order valence-electron chi connectivity index (χ3n) is 3.87. The maximum Gasteiger partial charge on any atom is 0.266 e. The maximum atomic E-state index is 12.4. The summed E-state index contributed by atoms with van der Waals surface area (Å²) in [4.78, 5) is 25.2. The predicted octanol–water partition coefficient (Wildman–Crippen LogP) is 2.88. The summed E-state index contributed by atoms with van der Waals surface area (Å²) in [7, 11) is 0.